The molecular formula is C19H18BrClN2O4. The number of halogens is 2. The van der Waals surface area contributed by atoms with Crippen LogP contribution >= 0.6 is 27.5 Å². The summed E-state index contributed by atoms with van der Waals surface area (Å²) in [5.41, 5.74) is 2.59. The monoisotopic (exact) mass is 452 g/mol. The highest BCUT2D eigenvalue weighted by atomic mass is 79.9. The topological polar surface area (TPSA) is 76.7 Å². The normalized spacial score (nSPS) is 12.2. The molecule has 1 aliphatic heterocycles. The van der Waals surface area contributed by atoms with Gasteiger partial charge in [-0.1, -0.05) is 39.7 Å². The summed E-state index contributed by atoms with van der Waals surface area (Å²) in [5, 5.41) is 6.77. The Bertz CT molecular complexity index is 860. The molecular weight excluding hydrogens is 436 g/mol. The van der Waals surface area contributed by atoms with E-state index in [4.69, 9.17) is 21.4 Å². The fourth-order valence-electron chi connectivity index (χ4n) is 2.59. The second kappa shape index (κ2) is 9.21. The van der Waals surface area contributed by atoms with E-state index in [0.29, 0.717) is 48.0 Å². The van der Waals surface area contributed by atoms with Gasteiger partial charge in [0.25, 0.3) is 5.91 Å². The van der Waals surface area contributed by atoms with E-state index in [1.807, 2.05) is 18.2 Å². The molecule has 27 heavy (non-hydrogen) atoms. The Morgan fingerprint density at radius 3 is 2.85 bits per heavy atom. The number of benzene rings is 2. The summed E-state index contributed by atoms with van der Waals surface area (Å²) in [6.07, 6.45) is 1.08. The van der Waals surface area contributed by atoms with Gasteiger partial charge in [0.2, 0.25) is 5.91 Å². The maximum atomic E-state index is 12.6. The predicted molar refractivity (Wildman–Crippen MR) is 106 cm³/mol. The van der Waals surface area contributed by atoms with E-state index in [1.165, 1.54) is 6.07 Å². The van der Waals surface area contributed by atoms with Gasteiger partial charge in [-0.05, 0) is 36.2 Å². The van der Waals surface area contributed by atoms with E-state index in [9.17, 15) is 9.59 Å². The molecule has 8 heteroatoms. The molecule has 0 bridgehead atoms. The number of hydrogen-bond acceptors (Lipinski definition) is 4. The van der Waals surface area contributed by atoms with Crippen LogP contribution in [0.5, 0.6) is 5.75 Å². The van der Waals surface area contributed by atoms with Crippen LogP contribution in [0.3, 0.4) is 0 Å². The number of rotatable bonds is 7. The lowest BCUT2D eigenvalue weighted by molar-refractivity contribution is -0.194. The fraction of sp³-hybridized carbons (Fsp3) is 0.263. The van der Waals surface area contributed by atoms with Crippen molar-refractivity contribution in [1.29, 1.82) is 0 Å². The number of fused-ring (bicyclic) bond motifs is 1. The lowest BCUT2D eigenvalue weighted by Gasteiger charge is -2.12. The number of alkyl halides is 1. The van der Waals surface area contributed by atoms with Gasteiger partial charge in [-0.2, -0.15) is 4.89 Å². The first-order valence-corrected chi connectivity index (χ1v) is 9.91. The minimum Gasteiger partial charge on any atom is -0.348 e. The number of hydrogen-bond donors (Lipinski definition) is 2. The van der Waals surface area contributed by atoms with Crippen LogP contribution in [0.25, 0.3) is 0 Å². The Kier molecular flexibility index (Phi) is 6.71. The molecule has 1 aliphatic rings. The number of nitrogens with one attached hydrogen (secondary N) is 2. The zero-order valence-corrected chi connectivity index (χ0v) is 16.7. The predicted octanol–water partition coefficient (Wildman–Crippen LogP) is 4.21. The first-order chi connectivity index (χ1) is 13.1. The molecule has 2 aromatic carbocycles. The minimum atomic E-state index is -0.328. The van der Waals surface area contributed by atoms with Crippen LogP contribution in [0.15, 0.2) is 36.4 Å². The molecule has 1 heterocycles. The van der Waals surface area contributed by atoms with Gasteiger partial charge in [0.05, 0.1) is 11.3 Å². The highest BCUT2D eigenvalue weighted by Crippen LogP contribution is 2.27. The zero-order chi connectivity index (χ0) is 19.2. The first-order valence-electron chi connectivity index (χ1n) is 8.41. The van der Waals surface area contributed by atoms with E-state index >= 15 is 0 Å². The summed E-state index contributed by atoms with van der Waals surface area (Å²) >= 11 is 9.33. The Labute approximate surface area is 170 Å². The number of carbonyl (C=O) groups is 2. The lowest BCUT2D eigenvalue weighted by Crippen LogP contribution is -2.25. The highest BCUT2D eigenvalue weighted by Gasteiger charge is 2.16. The van der Waals surface area contributed by atoms with Crippen molar-refractivity contribution in [3.63, 3.8) is 0 Å². The summed E-state index contributed by atoms with van der Waals surface area (Å²) < 4.78 is 0. The van der Waals surface area contributed by atoms with Gasteiger partial charge in [0.15, 0.2) is 5.75 Å². The van der Waals surface area contributed by atoms with Gasteiger partial charge in [-0.15, -0.1) is 0 Å². The average molecular weight is 454 g/mol. The van der Waals surface area contributed by atoms with Crippen LogP contribution in [0.1, 0.15) is 34.3 Å². The molecule has 0 unspecified atom stereocenters. The molecule has 0 aromatic heterocycles. The second-order valence-corrected chi connectivity index (χ2v) is 7.23. The van der Waals surface area contributed by atoms with Crippen molar-refractivity contribution in [1.82, 2.24) is 5.32 Å². The van der Waals surface area contributed by atoms with E-state index in [2.05, 4.69) is 26.6 Å². The first kappa shape index (κ1) is 19.7. The maximum Gasteiger partial charge on any atom is 0.253 e. The third kappa shape index (κ3) is 5.22. The van der Waals surface area contributed by atoms with Gasteiger partial charge in [-0.3, -0.25) is 9.59 Å². The van der Waals surface area contributed by atoms with E-state index in [1.54, 1.807) is 12.1 Å². The quantitative estimate of drug-likeness (QED) is 0.486. The average Bonchev–Trinajstić information content (AvgIpc) is 3.13. The van der Waals surface area contributed by atoms with Crippen molar-refractivity contribution >= 4 is 45.0 Å². The van der Waals surface area contributed by atoms with Crippen molar-refractivity contribution in [2.75, 3.05) is 10.6 Å². The fourth-order valence-corrected chi connectivity index (χ4v) is 3.05. The molecule has 0 fully saturated rings. The Hall–Kier alpha value is -2.09. The summed E-state index contributed by atoms with van der Waals surface area (Å²) in [4.78, 5) is 34.6. The summed E-state index contributed by atoms with van der Waals surface area (Å²) in [6.45, 7) is 0.724. The summed E-state index contributed by atoms with van der Waals surface area (Å²) in [6, 6.07) is 10.4. The number of anilines is 1. The molecule has 0 atom stereocenters. The third-order valence-electron chi connectivity index (χ3n) is 3.99. The molecule has 0 saturated carbocycles. The summed E-state index contributed by atoms with van der Waals surface area (Å²) in [5.74, 6) is 0.178. The number of carbonyl (C=O) groups excluding carboxylic acids is 2. The second-order valence-electron chi connectivity index (χ2n) is 6.00. The minimum absolute atomic E-state index is 0.151. The summed E-state index contributed by atoms with van der Waals surface area (Å²) in [7, 11) is 0. The SMILES string of the molecule is O=C(CCCBr)Nc1ccc(Cl)cc1C(=O)NCc1ccc2c(c1)OOC2. The van der Waals surface area contributed by atoms with Crippen LogP contribution in [-0.2, 0) is 22.8 Å². The molecule has 6 nitrogen and oxygen atoms in total. The Balaban J connectivity index is 1.68. The van der Waals surface area contributed by atoms with Gasteiger partial charge >= 0.3 is 0 Å². The standard InChI is InChI=1S/C19H18BrClN2O4/c20-7-1-2-18(24)23-16-6-5-14(21)9-15(16)19(25)22-10-12-3-4-13-11-26-27-17(13)8-12/h3-6,8-9H,1-2,7,10-11H2,(H,22,25)(H,23,24). The van der Waals surface area contributed by atoms with Crippen molar-refractivity contribution in [2.45, 2.75) is 26.0 Å². The van der Waals surface area contributed by atoms with Gasteiger partial charge in [0, 0.05) is 28.9 Å². The largest absolute Gasteiger partial charge is 0.348 e. The third-order valence-corrected chi connectivity index (χ3v) is 4.78. The van der Waals surface area contributed by atoms with E-state index in [0.717, 1.165) is 16.5 Å². The molecule has 0 saturated heterocycles. The van der Waals surface area contributed by atoms with Crippen LogP contribution in [0, 0.1) is 0 Å². The van der Waals surface area contributed by atoms with Crippen molar-refractivity contribution in [2.24, 2.45) is 0 Å². The smallest absolute Gasteiger partial charge is 0.253 e. The van der Waals surface area contributed by atoms with Crippen LogP contribution in [0.4, 0.5) is 5.69 Å². The van der Waals surface area contributed by atoms with Crippen LogP contribution in [0.2, 0.25) is 5.02 Å². The molecule has 2 N–H and O–H groups in total. The molecule has 142 valence electrons. The highest BCUT2D eigenvalue weighted by molar-refractivity contribution is 9.09. The zero-order valence-electron chi connectivity index (χ0n) is 14.4. The number of amides is 2. The van der Waals surface area contributed by atoms with Crippen LogP contribution < -0.4 is 15.5 Å². The molecule has 0 radical (unpaired) electrons. The Morgan fingerprint density at radius 2 is 2.04 bits per heavy atom. The Morgan fingerprint density at radius 1 is 1.19 bits per heavy atom. The molecule has 3 rings (SSSR count). The van der Waals surface area contributed by atoms with Gasteiger partial charge in [-0.25, -0.2) is 0 Å². The molecule has 0 aliphatic carbocycles. The van der Waals surface area contributed by atoms with E-state index < -0.39 is 0 Å². The molecule has 2 amide bonds. The molecule has 2 aromatic rings. The molecule has 0 spiro atoms. The van der Waals surface area contributed by atoms with E-state index in [-0.39, 0.29) is 11.8 Å². The van der Waals surface area contributed by atoms with Crippen molar-refractivity contribution in [3.8, 4) is 5.75 Å². The van der Waals surface area contributed by atoms with Crippen LogP contribution in [-0.4, -0.2) is 17.1 Å². The lowest BCUT2D eigenvalue weighted by atomic mass is 10.1. The van der Waals surface area contributed by atoms with Crippen molar-refractivity contribution < 1.29 is 19.4 Å². The van der Waals surface area contributed by atoms with Gasteiger partial charge in [0.1, 0.15) is 6.61 Å². The maximum absolute atomic E-state index is 12.6. The van der Waals surface area contributed by atoms with Gasteiger partial charge < -0.3 is 15.5 Å². The van der Waals surface area contributed by atoms with Crippen molar-refractivity contribution in [3.05, 3.63) is 58.1 Å².